The Kier molecular flexibility index (Phi) is 1.71. The molecular formula is C8H10. The van der Waals surface area contributed by atoms with E-state index in [9.17, 15) is 0 Å². The summed E-state index contributed by atoms with van der Waals surface area (Å²) in [7, 11) is 0. The average Bonchev–Trinajstić information content (AvgIpc) is 2.19. The van der Waals surface area contributed by atoms with Crippen LogP contribution < -0.4 is 0 Å². The molecule has 0 nitrogen and oxygen atoms in total. The maximum atomic E-state index is 3.51. The van der Waals surface area contributed by atoms with Crippen molar-refractivity contribution in [3.8, 4) is 0 Å². The maximum Gasteiger partial charge on any atom is 0.00252 e. The molecule has 1 atom stereocenters. The smallest absolute Gasteiger partial charge is 0.00252 e. The number of allylic oxidation sites excluding steroid dienone is 3. The van der Waals surface area contributed by atoms with Gasteiger partial charge in [0.1, 0.15) is 0 Å². The van der Waals surface area contributed by atoms with Crippen molar-refractivity contribution in [3.05, 3.63) is 30.5 Å². The van der Waals surface area contributed by atoms with Crippen LogP contribution in [0.4, 0.5) is 0 Å². The van der Waals surface area contributed by atoms with E-state index in [0.29, 0.717) is 5.92 Å². The van der Waals surface area contributed by atoms with Crippen LogP contribution in [-0.4, -0.2) is 0 Å². The Hall–Kier alpha value is -0.740. The fourth-order valence-electron chi connectivity index (χ4n) is 0.946. The van der Waals surface area contributed by atoms with E-state index >= 15 is 0 Å². The van der Waals surface area contributed by atoms with Crippen molar-refractivity contribution in [2.24, 2.45) is 5.92 Å². The Morgan fingerprint density at radius 2 is 2.62 bits per heavy atom. The molecular weight excluding hydrogens is 96.1 g/mol. The van der Waals surface area contributed by atoms with Crippen LogP contribution >= 0.6 is 0 Å². The van der Waals surface area contributed by atoms with Gasteiger partial charge in [0.15, 0.2) is 0 Å². The van der Waals surface area contributed by atoms with Gasteiger partial charge in [-0.2, -0.15) is 0 Å². The highest BCUT2D eigenvalue weighted by atomic mass is 14.1. The lowest BCUT2D eigenvalue weighted by Crippen LogP contribution is -1.80. The van der Waals surface area contributed by atoms with Gasteiger partial charge in [-0.25, -0.2) is 0 Å². The van der Waals surface area contributed by atoms with Gasteiger partial charge < -0.3 is 0 Å². The molecule has 1 unspecified atom stereocenters. The summed E-state index contributed by atoms with van der Waals surface area (Å²) >= 11 is 0. The Bertz CT molecular complexity index is 136. The molecule has 0 saturated carbocycles. The Morgan fingerprint density at radius 1 is 1.75 bits per heavy atom. The first kappa shape index (κ1) is 5.40. The van der Waals surface area contributed by atoms with E-state index in [1.54, 1.807) is 0 Å². The van der Waals surface area contributed by atoms with Crippen molar-refractivity contribution in [2.45, 2.75) is 12.8 Å². The van der Waals surface area contributed by atoms with Crippen LogP contribution in [0, 0.1) is 5.92 Å². The van der Waals surface area contributed by atoms with Gasteiger partial charge in [0.05, 0.1) is 0 Å². The van der Waals surface area contributed by atoms with Gasteiger partial charge in [-0.05, 0) is 18.9 Å². The zero-order valence-corrected chi connectivity index (χ0v) is 4.93. The minimum atomic E-state index is 0.632. The van der Waals surface area contributed by atoms with Gasteiger partial charge in [0.2, 0.25) is 0 Å². The van der Waals surface area contributed by atoms with Crippen LogP contribution in [0.15, 0.2) is 30.5 Å². The van der Waals surface area contributed by atoms with Gasteiger partial charge in [-0.15, -0.1) is 5.73 Å². The van der Waals surface area contributed by atoms with Crippen molar-refractivity contribution < 1.29 is 0 Å². The molecule has 0 aliphatic heterocycles. The maximum absolute atomic E-state index is 3.51. The highest BCUT2D eigenvalue weighted by molar-refractivity contribution is 5.04. The van der Waals surface area contributed by atoms with Gasteiger partial charge in [-0.1, -0.05) is 18.7 Å². The van der Waals surface area contributed by atoms with E-state index in [2.05, 4.69) is 24.5 Å². The summed E-state index contributed by atoms with van der Waals surface area (Å²) in [6.07, 6.45) is 8.91. The molecule has 0 amide bonds. The van der Waals surface area contributed by atoms with Crippen LogP contribution in [0.2, 0.25) is 0 Å². The lowest BCUT2D eigenvalue weighted by molar-refractivity contribution is 0.773. The molecule has 0 saturated heterocycles. The molecule has 0 spiro atoms. The SMILES string of the molecule is C=C=CC1C=CCC1. The lowest BCUT2D eigenvalue weighted by Gasteiger charge is -1.92. The molecule has 0 heteroatoms. The molecule has 1 aliphatic rings. The monoisotopic (exact) mass is 106 g/mol. The predicted molar refractivity (Wildman–Crippen MR) is 35.6 cm³/mol. The minimum Gasteiger partial charge on any atom is -0.132 e. The Labute approximate surface area is 50.2 Å². The fraction of sp³-hybridized carbons (Fsp3) is 0.375. The third-order valence-electron chi connectivity index (χ3n) is 1.38. The molecule has 0 bridgehead atoms. The first-order chi connectivity index (χ1) is 3.93. The zero-order chi connectivity index (χ0) is 5.82. The molecule has 0 aromatic carbocycles. The molecule has 0 N–H and O–H groups in total. The first-order valence-corrected chi connectivity index (χ1v) is 2.96. The van der Waals surface area contributed by atoms with Gasteiger partial charge >= 0.3 is 0 Å². The highest BCUT2D eigenvalue weighted by Crippen LogP contribution is 2.16. The molecule has 0 aromatic heterocycles. The van der Waals surface area contributed by atoms with Gasteiger partial charge in [-0.3, -0.25) is 0 Å². The molecule has 0 radical (unpaired) electrons. The third-order valence-corrected chi connectivity index (χ3v) is 1.38. The van der Waals surface area contributed by atoms with E-state index in [1.807, 2.05) is 6.08 Å². The summed E-state index contributed by atoms with van der Waals surface area (Å²) in [4.78, 5) is 0. The number of hydrogen-bond acceptors (Lipinski definition) is 0. The summed E-state index contributed by atoms with van der Waals surface area (Å²) in [6, 6.07) is 0. The summed E-state index contributed by atoms with van der Waals surface area (Å²) in [5.74, 6) is 0.632. The molecule has 42 valence electrons. The van der Waals surface area contributed by atoms with Gasteiger partial charge in [0, 0.05) is 5.92 Å². The largest absolute Gasteiger partial charge is 0.132 e. The molecule has 8 heavy (non-hydrogen) atoms. The standard InChI is InChI=1S/C8H10/c1-2-5-8-6-3-4-7-8/h3,5-6,8H,1,4,7H2. The van der Waals surface area contributed by atoms with Crippen molar-refractivity contribution >= 4 is 0 Å². The number of rotatable bonds is 1. The van der Waals surface area contributed by atoms with Gasteiger partial charge in [0.25, 0.3) is 0 Å². The number of hydrogen-bond donors (Lipinski definition) is 0. The summed E-state index contributed by atoms with van der Waals surface area (Å²) in [5, 5.41) is 0. The van der Waals surface area contributed by atoms with Crippen LogP contribution in [0.3, 0.4) is 0 Å². The van der Waals surface area contributed by atoms with Crippen LogP contribution in [0.5, 0.6) is 0 Å². The minimum absolute atomic E-state index is 0.632. The van der Waals surface area contributed by atoms with Crippen molar-refractivity contribution in [1.82, 2.24) is 0 Å². The lowest BCUT2D eigenvalue weighted by atomic mass is 10.1. The van der Waals surface area contributed by atoms with Crippen molar-refractivity contribution in [2.75, 3.05) is 0 Å². The predicted octanol–water partition coefficient (Wildman–Crippen LogP) is 2.29. The molecule has 1 rings (SSSR count). The van der Waals surface area contributed by atoms with E-state index in [4.69, 9.17) is 0 Å². The summed E-state index contributed by atoms with van der Waals surface area (Å²) < 4.78 is 0. The topological polar surface area (TPSA) is 0 Å². The van der Waals surface area contributed by atoms with Crippen LogP contribution in [0.1, 0.15) is 12.8 Å². The van der Waals surface area contributed by atoms with Crippen molar-refractivity contribution in [1.29, 1.82) is 0 Å². The third kappa shape index (κ3) is 1.11. The van der Waals surface area contributed by atoms with Crippen LogP contribution in [-0.2, 0) is 0 Å². The van der Waals surface area contributed by atoms with E-state index in [-0.39, 0.29) is 0 Å². The second kappa shape index (κ2) is 2.54. The Morgan fingerprint density at radius 3 is 3.12 bits per heavy atom. The second-order valence-electron chi connectivity index (χ2n) is 2.04. The summed E-state index contributed by atoms with van der Waals surface area (Å²) in [5.41, 5.74) is 2.78. The first-order valence-electron chi connectivity index (χ1n) is 2.96. The zero-order valence-electron chi connectivity index (χ0n) is 4.93. The van der Waals surface area contributed by atoms with E-state index < -0.39 is 0 Å². The van der Waals surface area contributed by atoms with E-state index in [0.717, 1.165) is 0 Å². The van der Waals surface area contributed by atoms with Crippen LogP contribution in [0.25, 0.3) is 0 Å². The molecule has 0 fully saturated rings. The quantitative estimate of drug-likeness (QED) is 0.355. The molecule has 0 aromatic rings. The normalized spacial score (nSPS) is 25.2. The Balaban J connectivity index is 2.48. The van der Waals surface area contributed by atoms with Crippen molar-refractivity contribution in [3.63, 3.8) is 0 Å². The van der Waals surface area contributed by atoms with E-state index in [1.165, 1.54) is 12.8 Å². The second-order valence-corrected chi connectivity index (χ2v) is 2.04. The highest BCUT2D eigenvalue weighted by Gasteiger charge is 2.02. The average molecular weight is 106 g/mol. The molecule has 1 aliphatic carbocycles. The summed E-state index contributed by atoms with van der Waals surface area (Å²) in [6.45, 7) is 3.51. The molecule has 0 heterocycles. The fourth-order valence-corrected chi connectivity index (χ4v) is 0.946.